The van der Waals surface area contributed by atoms with Crippen LogP contribution in [-0.4, -0.2) is 44.5 Å². The molecule has 0 radical (unpaired) electrons. The molecule has 29 heavy (non-hydrogen) atoms. The number of anilines is 1. The molecule has 1 aliphatic rings. The van der Waals surface area contributed by atoms with E-state index in [1.54, 1.807) is 30.5 Å². The minimum absolute atomic E-state index is 0.0289. The molecular formula is C17H13BrN6O4S. The molecule has 148 valence electrons. The van der Waals surface area contributed by atoms with E-state index in [1.807, 2.05) is 0 Å². The molecule has 10 nitrogen and oxygen atoms in total. The third-order valence-corrected chi connectivity index (χ3v) is 6.36. The highest BCUT2D eigenvalue weighted by Gasteiger charge is 2.41. The highest BCUT2D eigenvalue weighted by Crippen LogP contribution is 2.30. The van der Waals surface area contributed by atoms with Crippen molar-refractivity contribution in [3.63, 3.8) is 0 Å². The van der Waals surface area contributed by atoms with E-state index >= 15 is 0 Å². The van der Waals surface area contributed by atoms with E-state index < -0.39 is 15.9 Å². The number of hydrogen-bond acceptors (Lipinski definition) is 7. The van der Waals surface area contributed by atoms with Crippen LogP contribution >= 0.6 is 15.9 Å². The van der Waals surface area contributed by atoms with Crippen LogP contribution in [0.15, 0.2) is 58.2 Å². The number of amides is 2. The molecular weight excluding hydrogens is 464 g/mol. The van der Waals surface area contributed by atoms with Gasteiger partial charge in [0.25, 0.3) is 15.9 Å². The standard InChI is InChI=1S/C17H13BrN6O4S/c18-11-5-6-15(19-7-11)20-16(25)10-23-8-12(21-22-23)9-24-17(26)13-3-1-2-4-14(13)29(24,27)28/h1-8H,9-10H2,(H,19,20,25). The van der Waals surface area contributed by atoms with Gasteiger partial charge in [-0.3, -0.25) is 9.59 Å². The van der Waals surface area contributed by atoms with Gasteiger partial charge in [-0.2, -0.15) is 0 Å². The fourth-order valence-electron chi connectivity index (χ4n) is 2.80. The zero-order valence-electron chi connectivity index (χ0n) is 14.7. The van der Waals surface area contributed by atoms with Crippen LogP contribution in [0.3, 0.4) is 0 Å². The predicted molar refractivity (Wildman–Crippen MR) is 104 cm³/mol. The summed E-state index contributed by atoms with van der Waals surface area (Å²) in [6, 6.07) is 9.39. The lowest BCUT2D eigenvalue weighted by Gasteiger charge is -2.12. The van der Waals surface area contributed by atoms with E-state index in [9.17, 15) is 18.0 Å². The highest BCUT2D eigenvalue weighted by molar-refractivity contribution is 9.10. The SMILES string of the molecule is O=C(Cn1cc(CN2C(=O)c3ccccc3S2(=O)=O)nn1)Nc1ccc(Br)cn1. The molecule has 0 spiro atoms. The number of fused-ring (bicyclic) bond motifs is 1. The Morgan fingerprint density at radius 2 is 1.97 bits per heavy atom. The van der Waals surface area contributed by atoms with Crippen molar-refractivity contribution in [1.29, 1.82) is 0 Å². The molecule has 2 aromatic heterocycles. The minimum atomic E-state index is -3.94. The summed E-state index contributed by atoms with van der Waals surface area (Å²) in [6.45, 7) is -0.419. The molecule has 4 rings (SSSR count). The van der Waals surface area contributed by atoms with Gasteiger partial charge in [0.1, 0.15) is 23.0 Å². The summed E-state index contributed by atoms with van der Waals surface area (Å²) >= 11 is 3.26. The normalized spacial score (nSPS) is 14.7. The quantitative estimate of drug-likeness (QED) is 0.589. The Labute approximate surface area is 173 Å². The maximum atomic E-state index is 12.6. The molecule has 0 unspecified atom stereocenters. The zero-order valence-corrected chi connectivity index (χ0v) is 17.1. The van der Waals surface area contributed by atoms with Crippen LogP contribution in [0.5, 0.6) is 0 Å². The van der Waals surface area contributed by atoms with Crippen molar-refractivity contribution in [1.82, 2.24) is 24.3 Å². The number of rotatable bonds is 5. The van der Waals surface area contributed by atoms with Gasteiger partial charge in [-0.25, -0.2) is 22.4 Å². The first kappa shape index (κ1) is 19.2. The molecule has 0 saturated carbocycles. The average molecular weight is 477 g/mol. The maximum absolute atomic E-state index is 12.6. The Bertz CT molecular complexity index is 1210. The van der Waals surface area contributed by atoms with E-state index in [4.69, 9.17) is 0 Å². The number of aromatic nitrogens is 4. The van der Waals surface area contributed by atoms with Gasteiger partial charge in [0.05, 0.1) is 18.3 Å². The molecule has 1 aromatic carbocycles. The van der Waals surface area contributed by atoms with Crippen molar-refractivity contribution >= 4 is 43.6 Å². The third-order valence-electron chi connectivity index (χ3n) is 4.10. The summed E-state index contributed by atoms with van der Waals surface area (Å²) in [5, 5.41) is 10.3. The lowest BCUT2D eigenvalue weighted by molar-refractivity contribution is -0.117. The van der Waals surface area contributed by atoms with Crippen molar-refractivity contribution in [2.75, 3.05) is 5.32 Å². The second kappa shape index (κ2) is 7.37. The Morgan fingerprint density at radius 3 is 2.69 bits per heavy atom. The van der Waals surface area contributed by atoms with Crippen LogP contribution in [0.2, 0.25) is 0 Å². The van der Waals surface area contributed by atoms with E-state index in [2.05, 4.69) is 36.5 Å². The number of carbonyl (C=O) groups is 2. The Morgan fingerprint density at radius 1 is 1.17 bits per heavy atom. The van der Waals surface area contributed by atoms with E-state index in [0.717, 1.165) is 8.78 Å². The lowest BCUT2D eigenvalue weighted by Crippen LogP contribution is -2.29. The van der Waals surface area contributed by atoms with E-state index in [-0.39, 0.29) is 35.1 Å². The Hall–Kier alpha value is -3.12. The minimum Gasteiger partial charge on any atom is -0.309 e. The molecule has 3 aromatic rings. The fraction of sp³-hybridized carbons (Fsp3) is 0.118. The first-order valence-corrected chi connectivity index (χ1v) is 10.5. The van der Waals surface area contributed by atoms with Gasteiger partial charge in [0.2, 0.25) is 5.91 Å². The number of sulfonamides is 1. The smallest absolute Gasteiger partial charge is 0.269 e. The van der Waals surface area contributed by atoms with Crippen LogP contribution in [0.4, 0.5) is 5.82 Å². The second-order valence-electron chi connectivity index (χ2n) is 6.13. The number of carbonyl (C=O) groups excluding carboxylic acids is 2. The van der Waals surface area contributed by atoms with Gasteiger partial charge in [-0.15, -0.1) is 5.10 Å². The van der Waals surface area contributed by atoms with Crippen LogP contribution in [0, 0.1) is 0 Å². The Balaban J connectivity index is 1.44. The second-order valence-corrected chi connectivity index (χ2v) is 8.88. The largest absolute Gasteiger partial charge is 0.309 e. The van der Waals surface area contributed by atoms with Gasteiger partial charge in [0.15, 0.2) is 0 Å². The van der Waals surface area contributed by atoms with Crippen LogP contribution in [0.25, 0.3) is 0 Å². The molecule has 2 amide bonds. The van der Waals surface area contributed by atoms with Crippen LogP contribution in [0.1, 0.15) is 16.1 Å². The molecule has 0 aliphatic carbocycles. The summed E-state index contributed by atoms with van der Waals surface area (Å²) in [5.41, 5.74) is 0.366. The molecule has 0 saturated heterocycles. The van der Waals surface area contributed by atoms with Crippen molar-refractivity contribution in [2.24, 2.45) is 0 Å². The summed E-state index contributed by atoms with van der Waals surface area (Å²) in [4.78, 5) is 28.6. The topological polar surface area (TPSA) is 127 Å². The molecule has 0 atom stereocenters. The number of pyridine rings is 1. The molecule has 3 heterocycles. The summed E-state index contributed by atoms with van der Waals surface area (Å²) in [6.07, 6.45) is 2.97. The van der Waals surface area contributed by atoms with Gasteiger partial charge >= 0.3 is 0 Å². The van der Waals surface area contributed by atoms with E-state index in [1.165, 1.54) is 23.0 Å². The van der Waals surface area contributed by atoms with Crippen molar-refractivity contribution in [2.45, 2.75) is 18.0 Å². The first-order valence-electron chi connectivity index (χ1n) is 8.31. The molecule has 12 heteroatoms. The Kier molecular flexibility index (Phi) is 4.88. The monoisotopic (exact) mass is 476 g/mol. The van der Waals surface area contributed by atoms with Gasteiger partial charge in [-0.05, 0) is 40.2 Å². The summed E-state index contributed by atoms with van der Waals surface area (Å²) in [7, 11) is -3.94. The number of nitrogens with zero attached hydrogens (tertiary/aromatic N) is 5. The summed E-state index contributed by atoms with van der Waals surface area (Å²) in [5.74, 6) is -0.618. The average Bonchev–Trinajstić information content (AvgIpc) is 3.20. The van der Waals surface area contributed by atoms with Gasteiger partial charge < -0.3 is 5.32 Å². The molecule has 0 fully saturated rings. The highest BCUT2D eigenvalue weighted by atomic mass is 79.9. The zero-order chi connectivity index (χ0) is 20.6. The first-order chi connectivity index (χ1) is 13.8. The summed E-state index contributed by atoms with van der Waals surface area (Å²) < 4.78 is 28.0. The molecule has 0 bridgehead atoms. The van der Waals surface area contributed by atoms with E-state index in [0.29, 0.717) is 5.82 Å². The number of hydrogen-bond donors (Lipinski definition) is 1. The van der Waals surface area contributed by atoms with Crippen molar-refractivity contribution in [3.8, 4) is 0 Å². The van der Waals surface area contributed by atoms with Crippen molar-refractivity contribution < 1.29 is 18.0 Å². The van der Waals surface area contributed by atoms with Gasteiger partial charge in [-0.1, -0.05) is 17.3 Å². The predicted octanol–water partition coefficient (Wildman–Crippen LogP) is 1.42. The van der Waals surface area contributed by atoms with Crippen molar-refractivity contribution in [3.05, 3.63) is 64.5 Å². The van der Waals surface area contributed by atoms with Crippen LogP contribution in [-0.2, 0) is 27.9 Å². The molecule has 1 aliphatic heterocycles. The number of benzene rings is 1. The maximum Gasteiger partial charge on any atom is 0.269 e. The fourth-order valence-corrected chi connectivity index (χ4v) is 4.58. The number of nitrogens with one attached hydrogen (secondary N) is 1. The van der Waals surface area contributed by atoms with Crippen LogP contribution < -0.4 is 5.32 Å². The molecule has 1 N–H and O–H groups in total. The third kappa shape index (κ3) is 3.76. The van der Waals surface area contributed by atoms with Gasteiger partial charge in [0, 0.05) is 10.7 Å². The number of halogens is 1. The lowest BCUT2D eigenvalue weighted by atomic mass is 10.2.